The van der Waals surface area contributed by atoms with Gasteiger partial charge in [-0.3, -0.25) is 0 Å². The number of fused-ring (bicyclic) bond motifs is 8. The van der Waals surface area contributed by atoms with E-state index in [1.165, 1.54) is 65.4 Å². The lowest BCUT2D eigenvalue weighted by Crippen LogP contribution is -2.01. The van der Waals surface area contributed by atoms with Gasteiger partial charge in [0.2, 0.25) is 0 Å². The molecule has 0 aliphatic carbocycles. The summed E-state index contributed by atoms with van der Waals surface area (Å²) in [5.74, 6) is 0. The van der Waals surface area contributed by atoms with E-state index in [1.807, 2.05) is 0 Å². The van der Waals surface area contributed by atoms with Gasteiger partial charge in [0.05, 0.1) is 22.1 Å². The van der Waals surface area contributed by atoms with Gasteiger partial charge in [0.15, 0.2) is 0 Å². The number of para-hydroxylation sites is 1. The molecule has 0 spiro atoms. The van der Waals surface area contributed by atoms with Crippen LogP contribution in [0.15, 0.2) is 168 Å². The summed E-state index contributed by atoms with van der Waals surface area (Å²) in [6.45, 7) is 0. The first kappa shape index (κ1) is 25.2. The Labute approximate surface area is 265 Å². The summed E-state index contributed by atoms with van der Waals surface area (Å²) in [6, 6.07) is 56.8. The van der Waals surface area contributed by atoms with E-state index < -0.39 is 0 Å². The van der Waals surface area contributed by atoms with Crippen molar-refractivity contribution in [3.05, 3.63) is 179 Å². The van der Waals surface area contributed by atoms with Gasteiger partial charge in [-0.1, -0.05) is 133 Å². The maximum atomic E-state index is 5.23. The fraction of sp³-hybridized carbons (Fsp3) is 0. The minimum absolute atomic E-state index is 0.976. The lowest BCUT2D eigenvalue weighted by molar-refractivity contribution is 1.36. The molecule has 2 aliphatic rings. The molecule has 0 radical (unpaired) electrons. The highest BCUT2D eigenvalue weighted by molar-refractivity contribution is 6.11. The summed E-state index contributed by atoms with van der Waals surface area (Å²) in [6.07, 6.45) is 0. The van der Waals surface area contributed by atoms with E-state index in [4.69, 9.17) is 9.98 Å². The van der Waals surface area contributed by atoms with Crippen LogP contribution >= 0.6 is 0 Å². The van der Waals surface area contributed by atoms with Crippen LogP contribution in [0.2, 0.25) is 0 Å². The molecule has 0 bridgehead atoms. The lowest BCUT2D eigenvalue weighted by Gasteiger charge is -2.21. The predicted molar refractivity (Wildman–Crippen MR) is 189 cm³/mol. The molecule has 0 unspecified atom stereocenters. The molecule has 2 heteroatoms. The van der Waals surface area contributed by atoms with E-state index in [9.17, 15) is 0 Å². The third-order valence-corrected chi connectivity index (χ3v) is 9.61. The first-order valence-corrected chi connectivity index (χ1v) is 15.8. The van der Waals surface area contributed by atoms with Crippen LogP contribution in [0.5, 0.6) is 0 Å². The Morgan fingerprint density at radius 2 is 0.913 bits per heavy atom. The Bertz CT molecular complexity index is 2800. The first-order chi connectivity index (χ1) is 22.8. The topological polar surface area (TPSA) is 24.7 Å². The Kier molecular flexibility index (Phi) is 5.31. The quantitative estimate of drug-likeness (QED) is 0.198. The second-order valence-corrected chi connectivity index (χ2v) is 12.1. The van der Waals surface area contributed by atoms with Crippen molar-refractivity contribution in [1.29, 1.82) is 0 Å². The molecule has 0 N–H and O–H groups in total. The second kappa shape index (κ2) is 9.69. The first-order valence-electron chi connectivity index (χ1n) is 15.8. The molecule has 0 saturated carbocycles. The predicted octanol–water partition coefficient (Wildman–Crippen LogP) is 10.5. The zero-order valence-electron chi connectivity index (χ0n) is 24.9. The largest absolute Gasteiger partial charge is 0.248 e. The van der Waals surface area contributed by atoms with Gasteiger partial charge in [-0.15, -0.1) is 0 Å². The molecule has 0 saturated heterocycles. The maximum Gasteiger partial charge on any atom is 0.0817 e. The van der Waals surface area contributed by atoms with Crippen molar-refractivity contribution >= 4 is 32.9 Å². The molecule has 0 atom stereocenters. The van der Waals surface area contributed by atoms with Gasteiger partial charge in [-0.25, -0.2) is 9.98 Å². The number of benzene rings is 8. The summed E-state index contributed by atoms with van der Waals surface area (Å²) >= 11 is 0. The number of rotatable bonds is 3. The summed E-state index contributed by atoms with van der Waals surface area (Å²) in [4.78, 5) is 10.5. The molecule has 212 valence electrons. The van der Waals surface area contributed by atoms with Crippen molar-refractivity contribution in [3.8, 4) is 44.5 Å². The van der Waals surface area contributed by atoms with Gasteiger partial charge in [0.1, 0.15) is 0 Å². The van der Waals surface area contributed by atoms with E-state index >= 15 is 0 Å². The van der Waals surface area contributed by atoms with Crippen molar-refractivity contribution in [1.82, 2.24) is 0 Å². The minimum atomic E-state index is 0.976. The van der Waals surface area contributed by atoms with Crippen molar-refractivity contribution in [3.63, 3.8) is 0 Å². The van der Waals surface area contributed by atoms with Crippen LogP contribution < -0.4 is 10.7 Å². The number of hydrogen-bond acceptors (Lipinski definition) is 2. The van der Waals surface area contributed by atoms with Crippen LogP contribution in [0.4, 0.5) is 11.4 Å². The zero-order chi connectivity index (χ0) is 30.2. The molecular formula is C44H26N2. The highest BCUT2D eigenvalue weighted by Crippen LogP contribution is 2.52. The average Bonchev–Trinajstić information content (AvgIpc) is 3.69. The van der Waals surface area contributed by atoms with Crippen molar-refractivity contribution in [2.24, 2.45) is 9.98 Å². The van der Waals surface area contributed by atoms with Crippen molar-refractivity contribution in [2.45, 2.75) is 0 Å². The van der Waals surface area contributed by atoms with Gasteiger partial charge in [-0.2, -0.15) is 0 Å². The van der Waals surface area contributed by atoms with Gasteiger partial charge in [0.25, 0.3) is 0 Å². The van der Waals surface area contributed by atoms with Crippen LogP contribution in [0.1, 0.15) is 0 Å². The average molecular weight is 583 g/mol. The normalized spacial score (nSPS) is 12.3. The maximum absolute atomic E-state index is 5.23. The Balaban J connectivity index is 1.36. The molecule has 0 amide bonds. The van der Waals surface area contributed by atoms with Crippen LogP contribution in [0, 0.1) is 10.4 Å². The molecule has 0 fully saturated rings. The van der Waals surface area contributed by atoms with Gasteiger partial charge in [0, 0.05) is 27.1 Å². The van der Waals surface area contributed by atoms with E-state index in [0.717, 1.165) is 33.2 Å². The summed E-state index contributed by atoms with van der Waals surface area (Å²) in [5.41, 5.74) is 11.5. The smallest absolute Gasteiger partial charge is 0.0817 e. The van der Waals surface area contributed by atoms with Crippen LogP contribution in [-0.4, -0.2) is 0 Å². The van der Waals surface area contributed by atoms with Gasteiger partial charge >= 0.3 is 0 Å². The molecule has 2 aliphatic heterocycles. The van der Waals surface area contributed by atoms with E-state index in [2.05, 4.69) is 158 Å². The third kappa shape index (κ3) is 3.59. The molecular weight excluding hydrogens is 556 g/mol. The monoisotopic (exact) mass is 582 g/mol. The van der Waals surface area contributed by atoms with Crippen molar-refractivity contribution in [2.75, 3.05) is 0 Å². The molecule has 2 nitrogen and oxygen atoms in total. The highest BCUT2D eigenvalue weighted by atomic mass is 14.8. The summed E-state index contributed by atoms with van der Waals surface area (Å²) < 4.78 is 0. The zero-order valence-corrected chi connectivity index (χ0v) is 24.9. The minimum Gasteiger partial charge on any atom is -0.248 e. The Morgan fingerprint density at radius 3 is 1.70 bits per heavy atom. The highest BCUT2D eigenvalue weighted by Gasteiger charge is 2.28. The fourth-order valence-corrected chi connectivity index (χ4v) is 7.60. The SMILES string of the molecule is c1ccc(-c2cccc3ccccc23)c(-c2c(-c3cccc4ccccc34)ccc3c2-c2c4c(ccc2=N3)=c2ccccc2=N4)c1. The summed E-state index contributed by atoms with van der Waals surface area (Å²) in [5, 5.41) is 9.28. The van der Waals surface area contributed by atoms with E-state index in [-0.39, 0.29) is 0 Å². The lowest BCUT2D eigenvalue weighted by atomic mass is 9.82. The number of nitrogens with zero attached hydrogens (tertiary/aromatic N) is 2. The Morgan fingerprint density at radius 1 is 0.304 bits per heavy atom. The molecule has 2 heterocycles. The summed E-state index contributed by atoms with van der Waals surface area (Å²) in [7, 11) is 0. The molecule has 10 rings (SSSR count). The standard InChI is InChI=1S/C44H26N2/c1-3-15-29-27(11-1)13-9-20-31(29)33-17-5-6-19-35(33)41-36(32-21-10-14-28-12-2-4-16-30(28)32)23-25-39-42(41)43-40(45-39)26-24-37-34-18-7-8-22-38(34)46-44(37)43/h1-26H. The van der Waals surface area contributed by atoms with E-state index in [0.29, 0.717) is 0 Å². The fourth-order valence-electron chi connectivity index (χ4n) is 7.60. The Hall–Kier alpha value is -6.12. The third-order valence-electron chi connectivity index (χ3n) is 9.61. The molecule has 46 heavy (non-hydrogen) atoms. The van der Waals surface area contributed by atoms with Gasteiger partial charge < -0.3 is 0 Å². The molecule has 8 aromatic carbocycles. The van der Waals surface area contributed by atoms with Crippen LogP contribution in [0.3, 0.4) is 0 Å². The molecule has 8 aromatic rings. The number of hydrogen-bond donors (Lipinski definition) is 0. The van der Waals surface area contributed by atoms with Crippen LogP contribution in [-0.2, 0) is 0 Å². The second-order valence-electron chi connectivity index (χ2n) is 12.1. The van der Waals surface area contributed by atoms with Gasteiger partial charge in [-0.05, 0) is 73.6 Å². The van der Waals surface area contributed by atoms with Crippen LogP contribution in [0.25, 0.3) is 66.1 Å². The van der Waals surface area contributed by atoms with E-state index in [1.54, 1.807) is 0 Å². The van der Waals surface area contributed by atoms with Crippen molar-refractivity contribution < 1.29 is 0 Å². The molecule has 0 aromatic heterocycles.